The fourth-order valence-corrected chi connectivity index (χ4v) is 14.5. The molecule has 0 bridgehead atoms. The fourth-order valence-electron chi connectivity index (χ4n) is 10.1. The summed E-state index contributed by atoms with van der Waals surface area (Å²) in [6, 6.07) is 53.8. The van der Waals surface area contributed by atoms with Crippen molar-refractivity contribution < 1.29 is 14.3 Å². The highest BCUT2D eigenvalue weighted by Crippen LogP contribution is 2.59. The predicted molar refractivity (Wildman–Crippen MR) is 267 cm³/mol. The van der Waals surface area contributed by atoms with Crippen molar-refractivity contribution in [1.82, 2.24) is 15.5 Å². The van der Waals surface area contributed by atoms with Crippen molar-refractivity contribution in [2.75, 3.05) is 68.3 Å². The Morgan fingerprint density at radius 1 is 0.594 bits per heavy atom. The van der Waals surface area contributed by atoms with Crippen LogP contribution in [0, 0.1) is 0 Å². The van der Waals surface area contributed by atoms with Gasteiger partial charge in [-0.15, -0.1) is 0 Å². The Morgan fingerprint density at radius 2 is 1.09 bits per heavy atom. The molecule has 0 unspecified atom stereocenters. The molecule has 330 valence electrons. The number of carbonyl (C=O) groups is 2. The van der Waals surface area contributed by atoms with Crippen molar-refractivity contribution in [2.45, 2.75) is 52.5 Å². The van der Waals surface area contributed by atoms with E-state index in [0.717, 1.165) is 84.7 Å². The lowest BCUT2D eigenvalue weighted by atomic mass is 9.74. The maximum Gasteiger partial charge on any atom is 0.255 e. The molecule has 0 saturated heterocycles. The number of nitrogens with one attached hydrogen (secondary N) is 2. The second-order valence-corrected chi connectivity index (χ2v) is 20.2. The van der Waals surface area contributed by atoms with Crippen LogP contribution in [0.4, 0.5) is 11.4 Å². The normalized spacial score (nSPS) is 13.5. The number of ether oxygens (including phenoxy) is 1. The SMILES string of the molecule is CCN(CC)c1ccc2c(c1)Oc1cc(N(CC)CC)ccc1C21c2ccccc2C(=O)N1CCNCCNC(=O)CCCC[P+](c1ccccc1)(c1ccccc1)c1ccccc1. The summed E-state index contributed by atoms with van der Waals surface area (Å²) in [6.07, 6.45) is 3.23. The van der Waals surface area contributed by atoms with Crippen LogP contribution in [0.5, 0.6) is 11.5 Å². The first kappa shape index (κ1) is 44.6. The molecule has 0 saturated carbocycles. The number of hydrogen-bond acceptors (Lipinski definition) is 6. The monoisotopic (exact) mass is 872 g/mol. The molecular weight excluding hydrogens is 810 g/mol. The van der Waals surface area contributed by atoms with E-state index in [9.17, 15) is 9.59 Å². The Bertz CT molecular complexity index is 2350. The molecule has 2 amide bonds. The van der Waals surface area contributed by atoms with Crippen LogP contribution in [0.2, 0.25) is 0 Å². The zero-order valence-electron chi connectivity index (χ0n) is 37.9. The van der Waals surface area contributed by atoms with Crippen LogP contribution in [0.15, 0.2) is 152 Å². The van der Waals surface area contributed by atoms with Crippen LogP contribution in [0.1, 0.15) is 74.0 Å². The van der Waals surface area contributed by atoms with Gasteiger partial charge in [-0.3, -0.25) is 9.59 Å². The number of hydrogen-bond donors (Lipinski definition) is 2. The summed E-state index contributed by atoms with van der Waals surface area (Å²) in [7, 11) is -1.93. The quantitative estimate of drug-likeness (QED) is 0.0590. The van der Waals surface area contributed by atoms with Gasteiger partial charge in [0.15, 0.2) is 0 Å². The standard InChI is InChI=1S/C55H62N5O3P/c1-5-58(6-2)42-31-33-49-51(40-42)63-52-41-43(59(7-3)8-4)32-34-50(52)55(49)48-29-19-18-28-47(48)54(62)60(55)38-37-56-35-36-57-53(61)30-20-21-39-64(44-22-12-9-13-23-44,45-24-14-10-15-25-45)46-26-16-11-17-27-46/h9-19,22-29,31-34,40-41,56H,5-8,20-21,30,35-39H2,1-4H3/p+1. The molecule has 0 radical (unpaired) electrons. The van der Waals surface area contributed by atoms with Gasteiger partial charge in [0.2, 0.25) is 5.91 Å². The summed E-state index contributed by atoms with van der Waals surface area (Å²) >= 11 is 0. The van der Waals surface area contributed by atoms with E-state index in [1.54, 1.807) is 0 Å². The van der Waals surface area contributed by atoms with Crippen LogP contribution in [-0.4, -0.2) is 75.2 Å². The molecule has 2 heterocycles. The highest BCUT2D eigenvalue weighted by atomic mass is 31.2. The zero-order chi connectivity index (χ0) is 44.5. The summed E-state index contributed by atoms with van der Waals surface area (Å²) < 4.78 is 6.87. The van der Waals surface area contributed by atoms with E-state index in [1.807, 2.05) is 23.1 Å². The van der Waals surface area contributed by atoms with E-state index in [0.29, 0.717) is 38.2 Å². The fraction of sp³-hybridized carbons (Fsp3) is 0.309. The van der Waals surface area contributed by atoms with Gasteiger partial charge >= 0.3 is 0 Å². The minimum absolute atomic E-state index is 0.00315. The summed E-state index contributed by atoms with van der Waals surface area (Å²) in [5, 5.41) is 10.8. The summed E-state index contributed by atoms with van der Waals surface area (Å²) in [5.74, 6) is 1.61. The van der Waals surface area contributed by atoms with E-state index in [2.05, 4.69) is 182 Å². The van der Waals surface area contributed by atoms with Crippen molar-refractivity contribution in [2.24, 2.45) is 0 Å². The second-order valence-electron chi connectivity index (χ2n) is 16.6. The molecule has 6 aromatic carbocycles. The second kappa shape index (κ2) is 20.3. The van der Waals surface area contributed by atoms with Crippen LogP contribution >= 0.6 is 7.26 Å². The van der Waals surface area contributed by atoms with Gasteiger partial charge in [0.1, 0.15) is 40.2 Å². The minimum Gasteiger partial charge on any atom is -0.456 e. The van der Waals surface area contributed by atoms with Gasteiger partial charge in [-0.25, -0.2) is 0 Å². The molecule has 6 aromatic rings. The van der Waals surface area contributed by atoms with Crippen molar-refractivity contribution in [3.8, 4) is 11.5 Å². The number of fused-ring (bicyclic) bond motifs is 6. The van der Waals surface area contributed by atoms with E-state index in [-0.39, 0.29) is 11.8 Å². The number of nitrogens with zero attached hydrogens (tertiary/aromatic N) is 3. The lowest BCUT2D eigenvalue weighted by Crippen LogP contribution is -2.50. The Kier molecular flexibility index (Phi) is 14.1. The van der Waals surface area contributed by atoms with Gasteiger partial charge in [0.05, 0.1) is 6.16 Å². The minimum atomic E-state index is -1.93. The molecule has 2 N–H and O–H groups in total. The number of unbranched alkanes of at least 4 members (excludes halogenated alkanes) is 1. The highest BCUT2D eigenvalue weighted by Gasteiger charge is 2.56. The number of benzene rings is 6. The summed E-state index contributed by atoms with van der Waals surface area (Å²) in [6.45, 7) is 14.3. The van der Waals surface area contributed by atoms with Crippen molar-refractivity contribution >= 4 is 46.4 Å². The average Bonchev–Trinajstić information content (AvgIpc) is 3.58. The molecular formula is C55H63N5O3P+. The maximum atomic E-state index is 14.6. The largest absolute Gasteiger partial charge is 0.456 e. The Labute approximate surface area is 381 Å². The predicted octanol–water partition coefficient (Wildman–Crippen LogP) is 9.10. The Morgan fingerprint density at radius 3 is 1.61 bits per heavy atom. The van der Waals surface area contributed by atoms with Crippen LogP contribution in [0.25, 0.3) is 0 Å². The molecule has 0 aromatic heterocycles. The van der Waals surface area contributed by atoms with Crippen molar-refractivity contribution in [3.05, 3.63) is 174 Å². The topological polar surface area (TPSA) is 77.2 Å². The summed E-state index contributed by atoms with van der Waals surface area (Å²) in [4.78, 5) is 34.6. The van der Waals surface area contributed by atoms with Crippen molar-refractivity contribution in [3.63, 3.8) is 0 Å². The third-order valence-electron chi connectivity index (χ3n) is 13.3. The molecule has 1 spiro atoms. The van der Waals surface area contributed by atoms with Crippen molar-refractivity contribution in [1.29, 1.82) is 0 Å². The molecule has 8 nitrogen and oxygen atoms in total. The summed E-state index contributed by atoms with van der Waals surface area (Å²) in [5.41, 5.74) is 4.93. The first-order valence-electron chi connectivity index (χ1n) is 23.3. The zero-order valence-corrected chi connectivity index (χ0v) is 38.8. The third-order valence-corrected chi connectivity index (χ3v) is 17.8. The maximum absolute atomic E-state index is 14.6. The van der Waals surface area contributed by atoms with E-state index >= 15 is 0 Å². The lowest BCUT2D eigenvalue weighted by Gasteiger charge is -2.45. The van der Waals surface area contributed by atoms with Gasteiger partial charge in [-0.2, -0.15) is 0 Å². The molecule has 64 heavy (non-hydrogen) atoms. The van der Waals surface area contributed by atoms with Gasteiger partial charge in [0, 0.05) is 99.0 Å². The van der Waals surface area contributed by atoms with Crippen LogP contribution < -0.4 is 41.1 Å². The van der Waals surface area contributed by atoms with Gasteiger partial charge in [-0.05, 0) is 101 Å². The molecule has 2 aliphatic heterocycles. The molecule has 0 atom stereocenters. The van der Waals surface area contributed by atoms with E-state index < -0.39 is 12.8 Å². The first-order valence-corrected chi connectivity index (χ1v) is 25.3. The van der Waals surface area contributed by atoms with Crippen LogP contribution in [0.3, 0.4) is 0 Å². The average molecular weight is 873 g/mol. The van der Waals surface area contributed by atoms with Gasteiger partial charge < -0.3 is 30.1 Å². The molecule has 0 aliphatic carbocycles. The number of rotatable bonds is 20. The number of amides is 2. The molecule has 9 heteroatoms. The van der Waals surface area contributed by atoms with Gasteiger partial charge in [-0.1, -0.05) is 84.9 Å². The number of carbonyl (C=O) groups excluding carboxylic acids is 2. The lowest BCUT2D eigenvalue weighted by molar-refractivity contribution is -0.121. The smallest absolute Gasteiger partial charge is 0.255 e. The molecule has 2 aliphatic rings. The third kappa shape index (κ3) is 8.42. The Hall–Kier alpha value is -5.95. The molecule has 8 rings (SSSR count). The van der Waals surface area contributed by atoms with Gasteiger partial charge in [0.25, 0.3) is 5.91 Å². The first-order chi connectivity index (χ1) is 31.4. The number of anilines is 2. The molecule has 0 fully saturated rings. The van der Waals surface area contributed by atoms with Crippen LogP contribution in [-0.2, 0) is 10.3 Å². The Balaban J connectivity index is 0.946. The van der Waals surface area contributed by atoms with E-state index in [4.69, 9.17) is 4.74 Å². The van der Waals surface area contributed by atoms with E-state index in [1.165, 1.54) is 15.9 Å². The highest BCUT2D eigenvalue weighted by molar-refractivity contribution is 7.95.